The van der Waals surface area contributed by atoms with Gasteiger partial charge in [-0.2, -0.15) is 0 Å². The van der Waals surface area contributed by atoms with Gasteiger partial charge in [0.2, 0.25) is 5.91 Å². The number of ether oxygens (including phenoxy) is 1. The molecule has 1 unspecified atom stereocenters. The summed E-state index contributed by atoms with van der Waals surface area (Å²) < 4.78 is 4.70. The van der Waals surface area contributed by atoms with Gasteiger partial charge in [0.15, 0.2) is 0 Å². The van der Waals surface area contributed by atoms with Gasteiger partial charge in [0, 0.05) is 17.5 Å². The quantitative estimate of drug-likeness (QED) is 0.480. The van der Waals surface area contributed by atoms with Crippen molar-refractivity contribution >= 4 is 35.2 Å². The lowest BCUT2D eigenvalue weighted by molar-refractivity contribution is -0.153. The number of aliphatic hydroxyl groups is 1. The topological polar surface area (TPSA) is 87.2 Å². The Morgan fingerprint density at radius 3 is 2.54 bits per heavy atom. The zero-order valence-electron chi connectivity index (χ0n) is 21.9. The van der Waals surface area contributed by atoms with Gasteiger partial charge in [0.05, 0.1) is 35.8 Å². The van der Waals surface area contributed by atoms with Gasteiger partial charge in [-0.1, -0.05) is 56.4 Å². The minimum absolute atomic E-state index is 0.0771. The van der Waals surface area contributed by atoms with E-state index in [4.69, 9.17) is 4.74 Å². The molecule has 0 aliphatic carbocycles. The number of esters is 1. The number of fused-ring (bicyclic) bond motifs is 2. The molecule has 2 amide bonds. The van der Waals surface area contributed by atoms with E-state index >= 15 is 0 Å². The molecule has 0 aromatic heterocycles. The zero-order valence-corrected chi connectivity index (χ0v) is 22.7. The smallest absolute Gasteiger partial charge is 0.311 e. The summed E-state index contributed by atoms with van der Waals surface area (Å²) in [6.07, 6.45) is 9.62. The summed E-state index contributed by atoms with van der Waals surface area (Å²) in [6, 6.07) is 4.56. The van der Waals surface area contributed by atoms with Crippen molar-refractivity contribution in [2.24, 2.45) is 17.8 Å². The fourth-order valence-electron chi connectivity index (χ4n) is 6.60. The Balaban J connectivity index is 1.68. The summed E-state index contributed by atoms with van der Waals surface area (Å²) in [7, 11) is 0. The van der Waals surface area contributed by atoms with Crippen LogP contribution in [0, 0.1) is 31.6 Å². The van der Waals surface area contributed by atoms with Crippen LogP contribution < -0.4 is 4.90 Å². The highest BCUT2D eigenvalue weighted by molar-refractivity contribution is 8.02. The van der Waals surface area contributed by atoms with E-state index in [1.807, 2.05) is 64.1 Å². The number of aliphatic hydroxyl groups excluding tert-OH is 1. The van der Waals surface area contributed by atoms with E-state index < -0.39 is 28.7 Å². The Morgan fingerprint density at radius 1 is 1.14 bits per heavy atom. The number of hydrogen-bond acceptors (Lipinski definition) is 6. The number of hydrogen-bond donors (Lipinski definition) is 1. The number of carbonyl (C=O) groups excluding carboxylic acids is 3. The first-order chi connectivity index (χ1) is 17.7. The molecule has 0 radical (unpaired) electrons. The Morgan fingerprint density at radius 2 is 1.86 bits per heavy atom. The Labute approximate surface area is 222 Å². The summed E-state index contributed by atoms with van der Waals surface area (Å²) in [4.78, 5) is 45.7. The van der Waals surface area contributed by atoms with Crippen molar-refractivity contribution in [1.82, 2.24) is 4.90 Å². The van der Waals surface area contributed by atoms with Crippen molar-refractivity contribution in [2.75, 3.05) is 24.7 Å². The maximum absolute atomic E-state index is 14.6. The summed E-state index contributed by atoms with van der Waals surface area (Å²) in [5, 5.41) is 10.1. The van der Waals surface area contributed by atoms with Crippen LogP contribution in [0.5, 0.6) is 0 Å². The van der Waals surface area contributed by atoms with Crippen LogP contribution in [0.4, 0.5) is 5.69 Å². The van der Waals surface area contributed by atoms with Gasteiger partial charge < -0.3 is 19.6 Å². The van der Waals surface area contributed by atoms with Gasteiger partial charge >= 0.3 is 5.97 Å². The molecule has 37 heavy (non-hydrogen) atoms. The monoisotopic (exact) mass is 524 g/mol. The second-order valence-electron chi connectivity index (χ2n) is 10.9. The van der Waals surface area contributed by atoms with Crippen LogP contribution in [-0.2, 0) is 19.1 Å². The highest BCUT2D eigenvalue weighted by Crippen LogP contribution is 2.61. The number of thioether (sulfide) groups is 1. The molecule has 2 saturated heterocycles. The van der Waals surface area contributed by atoms with Crippen LogP contribution in [0.3, 0.4) is 0 Å². The fourth-order valence-corrected chi connectivity index (χ4v) is 8.59. The molecule has 8 heteroatoms. The summed E-state index contributed by atoms with van der Waals surface area (Å²) >= 11 is 1.54. The Hall–Kier alpha value is -2.58. The van der Waals surface area contributed by atoms with Gasteiger partial charge in [-0.25, -0.2) is 0 Å². The van der Waals surface area contributed by atoms with Crippen LogP contribution in [0.2, 0.25) is 0 Å². The van der Waals surface area contributed by atoms with Crippen LogP contribution in [0.15, 0.2) is 42.5 Å². The number of aryl methyl sites for hydroxylation is 2. The fraction of sp³-hybridized carbons (Fsp3) is 0.552. The maximum Gasteiger partial charge on any atom is 0.311 e. The molecule has 7 nitrogen and oxygen atoms in total. The molecule has 4 heterocycles. The molecule has 198 valence electrons. The van der Waals surface area contributed by atoms with Crippen LogP contribution in [-0.4, -0.2) is 69.6 Å². The van der Waals surface area contributed by atoms with E-state index in [-0.39, 0.29) is 35.6 Å². The number of carbonyl (C=O) groups is 3. The minimum atomic E-state index is -0.931. The molecule has 1 aromatic carbocycles. The van der Waals surface area contributed by atoms with Crippen molar-refractivity contribution in [2.45, 2.75) is 62.6 Å². The van der Waals surface area contributed by atoms with E-state index in [9.17, 15) is 19.5 Å². The molecule has 4 aliphatic rings. The highest BCUT2D eigenvalue weighted by atomic mass is 32.2. The SMILES string of the molecule is Cc1cccc(C)c1N1CC=C[C@]23S[C@H]4/C=C\CCCOC(=O)[C@H]4[C@H]2C(=O)N([C@@H](CO)C(C)C)C3C1=O. The molecular weight excluding hydrogens is 488 g/mol. The summed E-state index contributed by atoms with van der Waals surface area (Å²) in [6.45, 7) is 8.30. The molecule has 5 rings (SSSR count). The van der Waals surface area contributed by atoms with Crippen LogP contribution in [0.1, 0.15) is 37.8 Å². The van der Waals surface area contributed by atoms with Crippen molar-refractivity contribution in [3.8, 4) is 0 Å². The predicted octanol–water partition coefficient (Wildman–Crippen LogP) is 3.41. The first-order valence-electron chi connectivity index (χ1n) is 13.2. The van der Waals surface area contributed by atoms with Gasteiger partial charge in [0.1, 0.15) is 6.04 Å². The maximum atomic E-state index is 14.6. The molecule has 4 aliphatic heterocycles. The van der Waals surface area contributed by atoms with Crippen LogP contribution in [0.25, 0.3) is 0 Å². The van der Waals surface area contributed by atoms with E-state index in [1.54, 1.807) is 9.80 Å². The average molecular weight is 525 g/mol. The molecule has 6 atom stereocenters. The van der Waals surface area contributed by atoms with Gasteiger partial charge in [-0.3, -0.25) is 14.4 Å². The Kier molecular flexibility index (Phi) is 7.00. The lowest BCUT2D eigenvalue weighted by atomic mass is 9.78. The van der Waals surface area contributed by atoms with Crippen molar-refractivity contribution in [3.05, 3.63) is 53.6 Å². The van der Waals surface area contributed by atoms with Gasteiger partial charge in [-0.15, -0.1) is 11.8 Å². The third kappa shape index (κ3) is 4.04. The second-order valence-corrected chi connectivity index (χ2v) is 12.4. The van der Waals surface area contributed by atoms with Crippen molar-refractivity contribution < 1.29 is 24.2 Å². The number of likely N-dealkylation sites (tertiary alicyclic amines) is 1. The predicted molar refractivity (Wildman–Crippen MR) is 144 cm³/mol. The zero-order chi connectivity index (χ0) is 26.5. The minimum Gasteiger partial charge on any atom is -0.465 e. The van der Waals surface area contributed by atoms with Crippen molar-refractivity contribution in [1.29, 1.82) is 0 Å². The third-order valence-electron chi connectivity index (χ3n) is 8.31. The second kappa shape index (κ2) is 9.95. The number of allylic oxidation sites excluding steroid dienone is 1. The first kappa shape index (κ1) is 26.0. The average Bonchev–Trinajstić information content (AvgIpc) is 3.26. The number of cyclic esters (lactones) is 1. The number of nitrogens with zero attached hydrogens (tertiary/aromatic N) is 2. The molecule has 1 N–H and O–H groups in total. The van der Waals surface area contributed by atoms with E-state index in [0.29, 0.717) is 13.2 Å². The Bertz CT molecular complexity index is 1140. The summed E-state index contributed by atoms with van der Waals surface area (Å²) in [5.74, 6) is -2.30. The number of para-hydroxylation sites is 1. The molecule has 0 saturated carbocycles. The normalized spacial score (nSPS) is 33.2. The lowest BCUT2D eigenvalue weighted by Gasteiger charge is -2.40. The molecule has 2 fully saturated rings. The van der Waals surface area contributed by atoms with Gasteiger partial charge in [0.25, 0.3) is 5.91 Å². The van der Waals surface area contributed by atoms with Crippen molar-refractivity contribution in [3.63, 3.8) is 0 Å². The highest BCUT2D eigenvalue weighted by Gasteiger charge is 2.72. The van der Waals surface area contributed by atoms with E-state index in [2.05, 4.69) is 6.08 Å². The van der Waals surface area contributed by atoms with Crippen LogP contribution >= 0.6 is 11.8 Å². The molecular formula is C29H36N2O5S. The van der Waals surface area contributed by atoms with Gasteiger partial charge in [-0.05, 0) is 43.7 Å². The molecule has 0 bridgehead atoms. The number of amides is 2. The molecule has 1 aromatic rings. The summed E-state index contributed by atoms with van der Waals surface area (Å²) in [5.41, 5.74) is 2.81. The third-order valence-corrected chi connectivity index (χ3v) is 10.1. The standard InChI is InChI=1S/C29H36N2O5S/c1-17(2)20(16-32)31-25-27(34)30(24-18(3)10-8-11-19(24)4)14-9-13-29(25)23(26(31)33)22-21(37-29)12-6-5-7-15-36-28(22)35/h6,8-13,17,20-23,25,32H,5,7,14-16H2,1-4H3/b12-6-/t20-,21-,22+,23-,25?,29-/m0/s1. The number of anilines is 1. The number of rotatable bonds is 4. The number of benzene rings is 1. The van der Waals surface area contributed by atoms with E-state index in [0.717, 1.165) is 29.7 Å². The first-order valence-corrected chi connectivity index (χ1v) is 14.1. The lowest BCUT2D eigenvalue weighted by Crippen LogP contribution is -2.58. The van der Waals surface area contributed by atoms with E-state index in [1.165, 1.54) is 11.8 Å². The molecule has 1 spiro atoms. The largest absolute Gasteiger partial charge is 0.465 e.